The van der Waals surface area contributed by atoms with Crippen molar-refractivity contribution in [3.8, 4) is 5.75 Å². The summed E-state index contributed by atoms with van der Waals surface area (Å²) in [6, 6.07) is 7.59. The molecule has 20 heavy (non-hydrogen) atoms. The zero-order valence-corrected chi connectivity index (χ0v) is 13.8. The molecule has 0 saturated carbocycles. The number of alkyl halides is 1. The van der Waals surface area contributed by atoms with Gasteiger partial charge in [-0.25, -0.2) is 0 Å². The number of esters is 1. The fourth-order valence-corrected chi connectivity index (χ4v) is 2.39. The third kappa shape index (κ3) is 5.53. The molecule has 3 nitrogen and oxygen atoms in total. The second-order valence-corrected chi connectivity index (χ2v) is 5.48. The second kappa shape index (κ2) is 9.81. The number of carbonyl (C=O) groups is 1. The van der Waals surface area contributed by atoms with Crippen LogP contribution in [0.4, 0.5) is 0 Å². The average Bonchev–Trinajstić information content (AvgIpc) is 2.47. The third-order valence-corrected chi connectivity index (χ3v) is 3.81. The van der Waals surface area contributed by atoms with Gasteiger partial charge >= 0.3 is 5.97 Å². The van der Waals surface area contributed by atoms with Gasteiger partial charge in [0.25, 0.3) is 0 Å². The van der Waals surface area contributed by atoms with Crippen molar-refractivity contribution < 1.29 is 14.3 Å². The molecule has 0 N–H and O–H groups in total. The maximum atomic E-state index is 11.8. The smallest absolute Gasteiger partial charge is 0.324 e. The third-order valence-electron chi connectivity index (χ3n) is 2.94. The Morgan fingerprint density at radius 2 is 1.95 bits per heavy atom. The summed E-state index contributed by atoms with van der Waals surface area (Å²) < 4.78 is 10.8. The van der Waals surface area contributed by atoms with Gasteiger partial charge < -0.3 is 9.47 Å². The number of benzene rings is 1. The van der Waals surface area contributed by atoms with Gasteiger partial charge in [0.1, 0.15) is 10.6 Å². The second-order valence-electron chi connectivity index (χ2n) is 4.56. The Morgan fingerprint density at radius 1 is 1.20 bits per heavy atom. The van der Waals surface area contributed by atoms with Gasteiger partial charge in [0, 0.05) is 5.56 Å². The number of ether oxygens (including phenoxy) is 2. The predicted molar refractivity (Wildman–Crippen MR) is 84.4 cm³/mol. The largest absolute Gasteiger partial charge is 0.493 e. The maximum absolute atomic E-state index is 11.8. The van der Waals surface area contributed by atoms with Crippen LogP contribution in [0.1, 0.15) is 49.9 Å². The lowest BCUT2D eigenvalue weighted by Gasteiger charge is -2.15. The number of para-hydroxylation sites is 1. The molecule has 1 atom stereocenters. The van der Waals surface area contributed by atoms with Crippen LogP contribution in [0.15, 0.2) is 24.3 Å². The van der Waals surface area contributed by atoms with Gasteiger partial charge in [-0.05, 0) is 19.4 Å². The minimum absolute atomic E-state index is 0.283. The zero-order chi connectivity index (χ0) is 14.8. The molecule has 1 aromatic carbocycles. The van der Waals surface area contributed by atoms with Crippen molar-refractivity contribution in [2.45, 2.75) is 44.4 Å². The van der Waals surface area contributed by atoms with E-state index >= 15 is 0 Å². The highest BCUT2D eigenvalue weighted by molar-refractivity contribution is 9.09. The Labute approximate surface area is 129 Å². The number of hydrogen-bond donors (Lipinski definition) is 0. The lowest BCUT2D eigenvalue weighted by atomic mass is 10.1. The van der Waals surface area contributed by atoms with E-state index in [0.29, 0.717) is 13.2 Å². The Kier molecular flexibility index (Phi) is 8.35. The molecule has 0 amide bonds. The highest BCUT2D eigenvalue weighted by Crippen LogP contribution is 2.32. The van der Waals surface area contributed by atoms with E-state index in [1.54, 1.807) is 6.92 Å². The maximum Gasteiger partial charge on any atom is 0.324 e. The minimum atomic E-state index is -0.478. The number of hydrogen-bond acceptors (Lipinski definition) is 3. The summed E-state index contributed by atoms with van der Waals surface area (Å²) >= 11 is 3.38. The molecule has 1 aromatic rings. The SMILES string of the molecule is CCCCCCOc1ccccc1C(Br)C(=O)OCC. The van der Waals surface area contributed by atoms with E-state index in [0.717, 1.165) is 17.7 Å². The average molecular weight is 343 g/mol. The Bertz CT molecular complexity index is 406. The van der Waals surface area contributed by atoms with Gasteiger partial charge in [-0.3, -0.25) is 4.79 Å². The first kappa shape index (κ1) is 17.0. The summed E-state index contributed by atoms with van der Waals surface area (Å²) in [6.45, 7) is 5.04. The lowest BCUT2D eigenvalue weighted by Crippen LogP contribution is -2.12. The van der Waals surface area contributed by atoms with Crippen LogP contribution in [-0.2, 0) is 9.53 Å². The highest BCUT2D eigenvalue weighted by Gasteiger charge is 2.21. The molecule has 0 radical (unpaired) electrons. The van der Waals surface area contributed by atoms with Gasteiger partial charge in [0.2, 0.25) is 0 Å². The molecule has 112 valence electrons. The summed E-state index contributed by atoms with van der Waals surface area (Å²) in [7, 11) is 0. The first-order valence-electron chi connectivity index (χ1n) is 7.23. The van der Waals surface area contributed by atoms with Crippen molar-refractivity contribution in [1.82, 2.24) is 0 Å². The highest BCUT2D eigenvalue weighted by atomic mass is 79.9. The molecule has 1 unspecified atom stereocenters. The molecule has 0 saturated heterocycles. The number of carbonyl (C=O) groups excluding carboxylic acids is 1. The van der Waals surface area contributed by atoms with E-state index in [9.17, 15) is 4.79 Å². The molecule has 0 spiro atoms. The van der Waals surface area contributed by atoms with Crippen molar-refractivity contribution in [3.05, 3.63) is 29.8 Å². The molecule has 0 aliphatic carbocycles. The van der Waals surface area contributed by atoms with Crippen molar-refractivity contribution in [2.75, 3.05) is 13.2 Å². The van der Waals surface area contributed by atoms with Gasteiger partial charge in [0.05, 0.1) is 13.2 Å². The Morgan fingerprint density at radius 3 is 2.65 bits per heavy atom. The summed E-state index contributed by atoms with van der Waals surface area (Å²) in [5.74, 6) is 0.466. The molecule has 0 aliphatic rings. The topological polar surface area (TPSA) is 35.5 Å². The predicted octanol–water partition coefficient (Wildman–Crippen LogP) is 4.64. The van der Waals surface area contributed by atoms with Crippen molar-refractivity contribution in [2.24, 2.45) is 0 Å². The van der Waals surface area contributed by atoms with Crippen LogP contribution in [0, 0.1) is 0 Å². The summed E-state index contributed by atoms with van der Waals surface area (Å²) in [5.41, 5.74) is 0.821. The monoisotopic (exact) mass is 342 g/mol. The molecular weight excluding hydrogens is 320 g/mol. The van der Waals surface area contributed by atoms with Crippen molar-refractivity contribution in [3.63, 3.8) is 0 Å². The molecular formula is C16H23BrO3. The van der Waals surface area contributed by atoms with E-state index in [1.807, 2.05) is 24.3 Å². The molecule has 0 bridgehead atoms. The molecule has 0 aliphatic heterocycles. The first-order chi connectivity index (χ1) is 9.70. The number of unbranched alkanes of at least 4 members (excludes halogenated alkanes) is 3. The van der Waals surface area contributed by atoms with Gasteiger partial charge in [-0.2, -0.15) is 0 Å². The van der Waals surface area contributed by atoms with Crippen LogP contribution in [0.3, 0.4) is 0 Å². The van der Waals surface area contributed by atoms with Gasteiger partial charge in [0.15, 0.2) is 0 Å². The minimum Gasteiger partial charge on any atom is -0.493 e. The van der Waals surface area contributed by atoms with E-state index < -0.39 is 4.83 Å². The van der Waals surface area contributed by atoms with Crippen molar-refractivity contribution >= 4 is 21.9 Å². The Hall–Kier alpha value is -1.03. The summed E-state index contributed by atoms with van der Waals surface area (Å²) in [6.07, 6.45) is 4.65. The van der Waals surface area contributed by atoms with Crippen LogP contribution >= 0.6 is 15.9 Å². The fraction of sp³-hybridized carbons (Fsp3) is 0.562. The molecule has 0 aromatic heterocycles. The number of rotatable bonds is 9. The molecule has 0 heterocycles. The normalized spacial score (nSPS) is 11.9. The van der Waals surface area contributed by atoms with Crippen molar-refractivity contribution in [1.29, 1.82) is 0 Å². The molecule has 4 heteroatoms. The van der Waals surface area contributed by atoms with Crippen LogP contribution in [0.5, 0.6) is 5.75 Å². The van der Waals surface area contributed by atoms with E-state index in [-0.39, 0.29) is 5.97 Å². The van der Waals surface area contributed by atoms with E-state index in [4.69, 9.17) is 9.47 Å². The number of halogens is 1. The molecule has 0 fully saturated rings. The van der Waals surface area contributed by atoms with Crippen LogP contribution in [-0.4, -0.2) is 19.2 Å². The Balaban J connectivity index is 2.60. The molecule has 1 rings (SSSR count). The summed E-state index contributed by atoms with van der Waals surface area (Å²) in [4.78, 5) is 11.3. The standard InChI is InChI=1S/C16H23BrO3/c1-3-5-6-9-12-20-14-11-8-7-10-13(14)15(17)16(18)19-4-2/h7-8,10-11,15H,3-6,9,12H2,1-2H3. The lowest BCUT2D eigenvalue weighted by molar-refractivity contribution is -0.142. The zero-order valence-electron chi connectivity index (χ0n) is 12.2. The summed E-state index contributed by atoms with van der Waals surface area (Å²) in [5, 5.41) is 0. The first-order valence-corrected chi connectivity index (χ1v) is 8.14. The van der Waals surface area contributed by atoms with Gasteiger partial charge in [-0.1, -0.05) is 60.3 Å². The quantitative estimate of drug-likeness (QED) is 0.372. The van der Waals surface area contributed by atoms with Crippen LogP contribution in [0.25, 0.3) is 0 Å². The van der Waals surface area contributed by atoms with E-state index in [1.165, 1.54) is 19.3 Å². The van der Waals surface area contributed by atoms with Crippen LogP contribution in [0.2, 0.25) is 0 Å². The van der Waals surface area contributed by atoms with Gasteiger partial charge in [-0.15, -0.1) is 0 Å². The van der Waals surface area contributed by atoms with Crippen LogP contribution < -0.4 is 4.74 Å². The van der Waals surface area contributed by atoms with E-state index in [2.05, 4.69) is 22.9 Å². The fourth-order valence-electron chi connectivity index (χ4n) is 1.87.